The number of rotatable bonds is 3. The van der Waals surface area contributed by atoms with E-state index in [0.29, 0.717) is 5.69 Å². The Hall–Kier alpha value is -1.49. The molecule has 0 bridgehead atoms. The topological polar surface area (TPSA) is 68.0 Å². The zero-order valence-corrected chi connectivity index (χ0v) is 8.60. The van der Waals surface area contributed by atoms with Gasteiger partial charge in [0, 0.05) is 6.20 Å². The van der Waals surface area contributed by atoms with Crippen LogP contribution in [0, 0.1) is 6.92 Å². The highest BCUT2D eigenvalue weighted by Gasteiger charge is 2.08. The van der Waals surface area contributed by atoms with Crippen molar-refractivity contribution in [2.24, 2.45) is 5.73 Å². The Labute approximate surface area is 87.5 Å². The largest absolute Gasteiger partial charge is 0.392 e. The van der Waals surface area contributed by atoms with Crippen molar-refractivity contribution >= 4 is 23.1 Å². The lowest BCUT2D eigenvalue weighted by atomic mass is 10.2. The van der Waals surface area contributed by atoms with Crippen molar-refractivity contribution in [3.63, 3.8) is 0 Å². The second-order valence-electron chi connectivity index (χ2n) is 2.82. The number of aryl methyl sites for hydroxylation is 1. The minimum Gasteiger partial charge on any atom is -0.392 e. The molecule has 1 aromatic rings. The summed E-state index contributed by atoms with van der Waals surface area (Å²) in [5.41, 5.74) is 6.49. The Bertz CT molecular complexity index is 365. The van der Waals surface area contributed by atoms with Gasteiger partial charge in [-0.3, -0.25) is 9.78 Å². The Morgan fingerprint density at radius 3 is 3.00 bits per heavy atom. The monoisotopic (exact) mass is 209 g/mol. The number of hydrogen-bond acceptors (Lipinski definition) is 3. The van der Waals surface area contributed by atoms with Crippen molar-refractivity contribution in [2.75, 3.05) is 6.54 Å². The van der Waals surface area contributed by atoms with Gasteiger partial charge in [-0.2, -0.15) is 0 Å². The minimum atomic E-state index is -0.254. The summed E-state index contributed by atoms with van der Waals surface area (Å²) in [7, 11) is 0. The van der Waals surface area contributed by atoms with E-state index in [1.165, 1.54) is 0 Å². The number of hydrogen-bond donors (Lipinski definition) is 2. The molecule has 0 radical (unpaired) electrons. The van der Waals surface area contributed by atoms with Gasteiger partial charge < -0.3 is 11.1 Å². The van der Waals surface area contributed by atoms with Crippen molar-refractivity contribution in [1.29, 1.82) is 0 Å². The average molecular weight is 209 g/mol. The molecule has 1 rings (SSSR count). The maximum Gasteiger partial charge on any atom is 0.270 e. The van der Waals surface area contributed by atoms with Crippen LogP contribution in [0.3, 0.4) is 0 Å². The molecule has 14 heavy (non-hydrogen) atoms. The van der Waals surface area contributed by atoms with E-state index in [2.05, 4.69) is 22.5 Å². The summed E-state index contributed by atoms with van der Waals surface area (Å²) >= 11 is 4.64. The number of thiocarbonyl (C=S) groups is 1. The van der Waals surface area contributed by atoms with E-state index in [4.69, 9.17) is 5.73 Å². The van der Waals surface area contributed by atoms with Crippen LogP contribution in [-0.4, -0.2) is 22.4 Å². The molecule has 0 aliphatic carbocycles. The molecule has 0 saturated heterocycles. The van der Waals surface area contributed by atoms with E-state index < -0.39 is 0 Å². The van der Waals surface area contributed by atoms with Crippen LogP contribution in [0.15, 0.2) is 18.3 Å². The lowest BCUT2D eigenvalue weighted by Crippen LogP contribution is -2.33. The van der Waals surface area contributed by atoms with Crippen molar-refractivity contribution in [2.45, 2.75) is 6.92 Å². The molecule has 1 aromatic heterocycles. The number of nitrogens with zero attached hydrogens (tertiary/aromatic N) is 1. The van der Waals surface area contributed by atoms with Gasteiger partial charge in [-0.15, -0.1) is 0 Å². The zero-order chi connectivity index (χ0) is 10.6. The lowest BCUT2D eigenvalue weighted by molar-refractivity contribution is 0.0954. The highest BCUT2D eigenvalue weighted by Crippen LogP contribution is 2.01. The van der Waals surface area contributed by atoms with E-state index >= 15 is 0 Å². The van der Waals surface area contributed by atoms with Crippen molar-refractivity contribution in [3.05, 3.63) is 29.6 Å². The van der Waals surface area contributed by atoms with Crippen LogP contribution in [0.5, 0.6) is 0 Å². The fourth-order valence-corrected chi connectivity index (χ4v) is 1.05. The number of amides is 1. The predicted octanol–water partition coefficient (Wildman–Crippen LogP) is 0.406. The van der Waals surface area contributed by atoms with E-state index in [1.54, 1.807) is 12.3 Å². The van der Waals surface area contributed by atoms with Crippen LogP contribution in [0.25, 0.3) is 0 Å². The maximum absolute atomic E-state index is 11.5. The number of carbonyl (C=O) groups excluding carboxylic acids is 1. The summed E-state index contributed by atoms with van der Waals surface area (Å²) in [4.78, 5) is 15.7. The molecule has 1 amide bonds. The molecule has 0 spiro atoms. The standard InChI is InChI=1S/C9H11N3OS/c1-6-3-2-4-11-8(6)9(13)12-5-7(10)14/h2-4H,5H2,1H3,(H2,10,14)(H,12,13). The van der Waals surface area contributed by atoms with E-state index in [-0.39, 0.29) is 17.4 Å². The van der Waals surface area contributed by atoms with Crippen molar-refractivity contribution in [3.8, 4) is 0 Å². The summed E-state index contributed by atoms with van der Waals surface area (Å²) in [5.74, 6) is -0.254. The van der Waals surface area contributed by atoms with Crippen LogP contribution in [-0.2, 0) is 0 Å². The molecule has 4 nitrogen and oxygen atoms in total. The normalized spacial score (nSPS) is 9.50. The fourth-order valence-electron chi connectivity index (χ4n) is 0.975. The Kier molecular flexibility index (Phi) is 3.53. The molecule has 5 heteroatoms. The van der Waals surface area contributed by atoms with E-state index in [1.807, 2.05) is 13.0 Å². The first kappa shape index (κ1) is 10.6. The number of carbonyl (C=O) groups is 1. The van der Waals surface area contributed by atoms with Gasteiger partial charge >= 0.3 is 0 Å². The first-order chi connectivity index (χ1) is 6.61. The molecule has 3 N–H and O–H groups in total. The Morgan fingerprint density at radius 2 is 2.43 bits per heavy atom. The number of nitrogens with two attached hydrogens (primary N) is 1. The average Bonchev–Trinajstić information content (AvgIpc) is 2.15. The first-order valence-electron chi connectivity index (χ1n) is 4.09. The summed E-state index contributed by atoms with van der Waals surface area (Å²) in [6, 6.07) is 3.60. The van der Waals surface area contributed by atoms with Crippen molar-refractivity contribution in [1.82, 2.24) is 10.3 Å². The quantitative estimate of drug-likeness (QED) is 0.707. The van der Waals surface area contributed by atoms with Gasteiger partial charge in [0.05, 0.1) is 11.5 Å². The molecule has 74 valence electrons. The fraction of sp³-hybridized carbons (Fsp3) is 0.222. The summed E-state index contributed by atoms with van der Waals surface area (Å²) in [6.45, 7) is 2.02. The maximum atomic E-state index is 11.5. The van der Waals surface area contributed by atoms with Crippen LogP contribution >= 0.6 is 12.2 Å². The number of aromatic nitrogens is 1. The first-order valence-corrected chi connectivity index (χ1v) is 4.50. The Morgan fingerprint density at radius 1 is 1.71 bits per heavy atom. The molecule has 0 fully saturated rings. The highest BCUT2D eigenvalue weighted by atomic mass is 32.1. The summed E-state index contributed by atoms with van der Waals surface area (Å²) in [6.07, 6.45) is 1.57. The zero-order valence-electron chi connectivity index (χ0n) is 7.78. The van der Waals surface area contributed by atoms with Gasteiger partial charge in [0.15, 0.2) is 0 Å². The van der Waals surface area contributed by atoms with Gasteiger partial charge in [0.2, 0.25) is 0 Å². The predicted molar refractivity (Wildman–Crippen MR) is 58.1 cm³/mol. The number of pyridine rings is 1. The van der Waals surface area contributed by atoms with Gasteiger partial charge in [0.25, 0.3) is 5.91 Å². The highest BCUT2D eigenvalue weighted by molar-refractivity contribution is 7.80. The molecule has 0 aliphatic rings. The SMILES string of the molecule is Cc1cccnc1C(=O)NCC(N)=S. The molecule has 1 heterocycles. The molecule has 0 unspecified atom stereocenters. The molecular weight excluding hydrogens is 198 g/mol. The molecule has 0 aliphatic heterocycles. The third-order valence-electron chi connectivity index (χ3n) is 1.65. The smallest absolute Gasteiger partial charge is 0.270 e. The number of nitrogens with one attached hydrogen (secondary N) is 1. The second-order valence-corrected chi connectivity index (χ2v) is 3.34. The lowest BCUT2D eigenvalue weighted by Gasteiger charge is -2.04. The van der Waals surface area contributed by atoms with Crippen LogP contribution in [0.2, 0.25) is 0 Å². The van der Waals surface area contributed by atoms with Crippen LogP contribution in [0.1, 0.15) is 16.1 Å². The van der Waals surface area contributed by atoms with Gasteiger partial charge in [-0.05, 0) is 18.6 Å². The van der Waals surface area contributed by atoms with Crippen LogP contribution < -0.4 is 11.1 Å². The summed E-state index contributed by atoms with van der Waals surface area (Å²) in [5, 5.41) is 2.57. The van der Waals surface area contributed by atoms with E-state index in [9.17, 15) is 4.79 Å². The minimum absolute atomic E-state index is 0.199. The summed E-state index contributed by atoms with van der Waals surface area (Å²) < 4.78 is 0. The third-order valence-corrected chi connectivity index (χ3v) is 1.79. The second kappa shape index (κ2) is 4.66. The molecule has 0 aromatic carbocycles. The van der Waals surface area contributed by atoms with Gasteiger partial charge in [0.1, 0.15) is 5.69 Å². The molecular formula is C9H11N3OS. The van der Waals surface area contributed by atoms with Gasteiger partial charge in [-0.1, -0.05) is 18.3 Å². The third kappa shape index (κ3) is 2.77. The molecule has 0 atom stereocenters. The van der Waals surface area contributed by atoms with Gasteiger partial charge in [-0.25, -0.2) is 0 Å². The van der Waals surface area contributed by atoms with E-state index in [0.717, 1.165) is 5.56 Å². The van der Waals surface area contributed by atoms with Crippen LogP contribution in [0.4, 0.5) is 0 Å². The Balaban J connectivity index is 2.70. The molecule has 0 saturated carbocycles. The van der Waals surface area contributed by atoms with Crippen molar-refractivity contribution < 1.29 is 4.79 Å².